The molecule has 7 nitrogen and oxygen atoms in total. The van der Waals surface area contributed by atoms with E-state index in [1.165, 1.54) is 25.1 Å². The maximum atomic E-state index is 15.2. The van der Waals surface area contributed by atoms with E-state index in [-0.39, 0.29) is 34.8 Å². The zero-order valence-electron chi connectivity index (χ0n) is 24.7. The number of alkyl halides is 2. The second-order valence-corrected chi connectivity index (χ2v) is 13.7. The third kappa shape index (κ3) is 4.05. The number of para-hydroxylation sites is 1. The molecule has 4 aliphatic rings. The number of nitrogens with zero attached hydrogens (tertiary/aromatic N) is 2. The number of fused-ring (bicyclic) bond motifs is 4. The number of likely N-dealkylation sites (tertiary alicyclic amines) is 1. The van der Waals surface area contributed by atoms with Crippen molar-refractivity contribution in [2.45, 2.75) is 42.0 Å². The minimum atomic E-state index is -2.71. The maximum Gasteiger partial charge on any atom is 0.258 e. The molecule has 48 heavy (non-hydrogen) atoms. The molecule has 0 aromatic heterocycles. The fourth-order valence-electron chi connectivity index (χ4n) is 7.81. The summed E-state index contributed by atoms with van der Waals surface area (Å²) in [5.41, 5.74) is -0.673. The van der Waals surface area contributed by atoms with Crippen molar-refractivity contribution in [3.63, 3.8) is 0 Å². The van der Waals surface area contributed by atoms with Crippen LogP contribution in [0.15, 0.2) is 60.2 Å². The first-order valence-electron chi connectivity index (χ1n) is 14.8. The molecule has 0 radical (unpaired) electrons. The summed E-state index contributed by atoms with van der Waals surface area (Å²) in [7, 11) is 0. The number of anilines is 1. The molecule has 0 spiro atoms. The van der Waals surface area contributed by atoms with Gasteiger partial charge in [0, 0.05) is 11.5 Å². The van der Waals surface area contributed by atoms with Gasteiger partial charge in [-0.1, -0.05) is 60.2 Å². The predicted octanol–water partition coefficient (Wildman–Crippen LogP) is 6.16. The molecule has 2 aliphatic heterocycles. The van der Waals surface area contributed by atoms with E-state index in [1.807, 2.05) is 0 Å². The Labute approximate surface area is 279 Å². The number of carbonyl (C=O) groups excluding carboxylic acids is 4. The summed E-state index contributed by atoms with van der Waals surface area (Å²) in [6, 6.07) is 13.1. The summed E-state index contributed by atoms with van der Waals surface area (Å²) < 4.78 is 73.1. The van der Waals surface area contributed by atoms with Crippen molar-refractivity contribution < 1.29 is 46.2 Å². The summed E-state index contributed by atoms with van der Waals surface area (Å²) >= 11 is 14.2. The standard InChI is InChI=1S/C34H23Cl2F5N2O5/c1-14-6-5-9-18(28(14)44)21-16-10-11-17-20(30(46)42(29(17)45)13-15-7-3-2-4-8-15)19(16)12-33(35)31(47)43(32(48)34(21,33)36)27-25(40)23(38)22(37)24(39)26(27)41/h2-10,17,19-21,44H,11-13H2,1H3. The van der Waals surface area contributed by atoms with E-state index in [2.05, 4.69) is 0 Å². The Hall–Kier alpha value is -4.29. The highest BCUT2D eigenvalue weighted by atomic mass is 35.5. The molecule has 4 amide bonds. The number of benzene rings is 3. The number of aromatic hydroxyl groups is 1. The molecule has 3 aromatic rings. The summed E-state index contributed by atoms with van der Waals surface area (Å²) in [6.07, 6.45) is 0.957. The molecule has 1 saturated carbocycles. The number of hydrogen-bond donors (Lipinski definition) is 1. The van der Waals surface area contributed by atoms with Crippen LogP contribution in [0.3, 0.4) is 0 Å². The van der Waals surface area contributed by atoms with E-state index in [0.29, 0.717) is 11.1 Å². The van der Waals surface area contributed by atoms with Crippen LogP contribution in [0, 0.1) is 53.8 Å². The van der Waals surface area contributed by atoms with Crippen LogP contribution < -0.4 is 4.90 Å². The van der Waals surface area contributed by atoms with Gasteiger partial charge in [-0.25, -0.2) is 26.9 Å². The summed E-state index contributed by atoms with van der Waals surface area (Å²) in [4.78, 5) is 51.7. The molecule has 2 saturated heterocycles. The van der Waals surface area contributed by atoms with E-state index in [4.69, 9.17) is 23.2 Å². The van der Waals surface area contributed by atoms with E-state index in [0.717, 1.165) is 4.90 Å². The van der Waals surface area contributed by atoms with Gasteiger partial charge in [0.2, 0.25) is 17.6 Å². The molecule has 3 aromatic carbocycles. The minimum Gasteiger partial charge on any atom is -0.507 e. The number of allylic oxidation sites excluding steroid dienone is 2. The molecule has 2 aliphatic carbocycles. The Morgan fingerprint density at radius 1 is 0.812 bits per heavy atom. The SMILES string of the molecule is Cc1cccc(C2C3=CCC4C(=O)N(Cc5ccccc5)C(=O)C4C3CC3(Cl)C(=O)N(c4c(F)c(F)c(F)c(F)c4F)C(=O)C23Cl)c1O. The van der Waals surface area contributed by atoms with E-state index >= 15 is 8.78 Å². The number of phenols is 1. The summed E-state index contributed by atoms with van der Waals surface area (Å²) in [5, 5.41) is 11.2. The molecule has 3 fully saturated rings. The average Bonchev–Trinajstić information content (AvgIpc) is 3.39. The quantitative estimate of drug-likeness (QED) is 0.0877. The smallest absolute Gasteiger partial charge is 0.258 e. The molecular weight excluding hydrogens is 682 g/mol. The van der Waals surface area contributed by atoms with Gasteiger partial charge in [0.25, 0.3) is 11.8 Å². The van der Waals surface area contributed by atoms with Crippen molar-refractivity contribution in [3.8, 4) is 5.75 Å². The molecule has 248 valence electrons. The Morgan fingerprint density at radius 2 is 1.44 bits per heavy atom. The predicted molar refractivity (Wildman–Crippen MR) is 161 cm³/mol. The van der Waals surface area contributed by atoms with Crippen molar-refractivity contribution in [1.29, 1.82) is 0 Å². The Kier molecular flexibility index (Phi) is 7.30. The second-order valence-electron chi connectivity index (χ2n) is 12.5. The highest BCUT2D eigenvalue weighted by Crippen LogP contribution is 2.66. The van der Waals surface area contributed by atoms with Crippen molar-refractivity contribution >= 4 is 52.5 Å². The third-order valence-electron chi connectivity index (χ3n) is 10.1. The van der Waals surface area contributed by atoms with Crippen LogP contribution in [0.1, 0.15) is 35.4 Å². The van der Waals surface area contributed by atoms with Gasteiger partial charge in [-0.2, -0.15) is 0 Å². The first-order valence-corrected chi connectivity index (χ1v) is 15.6. The molecule has 2 heterocycles. The lowest BCUT2D eigenvalue weighted by Gasteiger charge is -2.50. The molecule has 6 unspecified atom stereocenters. The van der Waals surface area contributed by atoms with Gasteiger partial charge < -0.3 is 5.11 Å². The van der Waals surface area contributed by atoms with Crippen LogP contribution in [0.5, 0.6) is 5.75 Å². The first kappa shape index (κ1) is 32.3. The molecule has 1 N–H and O–H groups in total. The van der Waals surface area contributed by atoms with Crippen LogP contribution in [-0.4, -0.2) is 43.4 Å². The van der Waals surface area contributed by atoms with Crippen LogP contribution >= 0.6 is 23.2 Å². The van der Waals surface area contributed by atoms with Crippen LogP contribution in [0.25, 0.3) is 0 Å². The Balaban J connectivity index is 1.42. The molecular formula is C34H23Cl2F5N2O5. The van der Waals surface area contributed by atoms with Gasteiger partial charge in [-0.3, -0.25) is 24.1 Å². The van der Waals surface area contributed by atoms with E-state index < -0.39 is 98.2 Å². The van der Waals surface area contributed by atoms with Crippen LogP contribution in [-0.2, 0) is 25.7 Å². The van der Waals surface area contributed by atoms with Gasteiger partial charge in [-0.05, 0) is 36.8 Å². The lowest BCUT2D eigenvalue weighted by atomic mass is 9.56. The van der Waals surface area contributed by atoms with Crippen LogP contribution in [0.4, 0.5) is 27.6 Å². The zero-order valence-corrected chi connectivity index (χ0v) is 26.3. The van der Waals surface area contributed by atoms with E-state index in [1.54, 1.807) is 36.4 Å². The fourth-order valence-corrected chi connectivity index (χ4v) is 8.74. The number of carbonyl (C=O) groups is 4. The zero-order chi connectivity index (χ0) is 34.6. The first-order chi connectivity index (χ1) is 22.7. The number of aryl methyl sites for hydroxylation is 1. The molecule has 14 heteroatoms. The number of hydrogen-bond acceptors (Lipinski definition) is 5. The highest BCUT2D eigenvalue weighted by molar-refractivity contribution is 6.58. The van der Waals surface area contributed by atoms with Gasteiger partial charge in [-0.15, -0.1) is 23.2 Å². The average molecular weight is 705 g/mol. The van der Waals surface area contributed by atoms with Gasteiger partial charge >= 0.3 is 0 Å². The monoisotopic (exact) mass is 704 g/mol. The number of amides is 4. The molecule has 7 rings (SSSR count). The normalized spacial score (nSPS) is 29.6. The second kappa shape index (κ2) is 10.9. The number of imide groups is 2. The Bertz CT molecular complexity index is 1980. The van der Waals surface area contributed by atoms with Crippen LogP contribution in [0.2, 0.25) is 0 Å². The van der Waals surface area contributed by atoms with E-state index in [9.17, 15) is 37.5 Å². The van der Waals surface area contributed by atoms with Crippen molar-refractivity contribution in [1.82, 2.24) is 4.90 Å². The lowest BCUT2D eigenvalue weighted by molar-refractivity contribution is -0.141. The third-order valence-corrected chi connectivity index (χ3v) is 11.5. The Morgan fingerprint density at radius 3 is 2.08 bits per heavy atom. The maximum absolute atomic E-state index is 15.2. The number of rotatable bonds is 4. The van der Waals surface area contributed by atoms with Gasteiger partial charge in [0.15, 0.2) is 33.0 Å². The molecule has 0 bridgehead atoms. The molecule has 6 atom stereocenters. The minimum absolute atomic E-state index is 0.00118. The lowest BCUT2D eigenvalue weighted by Crippen LogP contribution is -2.60. The number of phenolic OH excluding ortho intramolecular Hbond substituents is 1. The van der Waals surface area contributed by atoms with Gasteiger partial charge in [0.1, 0.15) is 11.4 Å². The van der Waals surface area contributed by atoms with Crippen molar-refractivity contribution in [2.24, 2.45) is 17.8 Å². The summed E-state index contributed by atoms with van der Waals surface area (Å²) in [6.45, 7) is 1.48. The van der Waals surface area contributed by atoms with Crippen molar-refractivity contribution in [3.05, 3.63) is 106 Å². The van der Waals surface area contributed by atoms with Gasteiger partial charge in [0.05, 0.1) is 18.4 Å². The fraction of sp³-hybridized carbons (Fsp3) is 0.294. The topological polar surface area (TPSA) is 95.0 Å². The summed E-state index contributed by atoms with van der Waals surface area (Å²) in [5.74, 6) is -21.5. The highest BCUT2D eigenvalue weighted by Gasteiger charge is 2.77. The number of halogens is 7. The largest absolute Gasteiger partial charge is 0.507 e. The van der Waals surface area contributed by atoms with Crippen molar-refractivity contribution in [2.75, 3.05) is 4.90 Å².